The number of hydrogen-bond donors (Lipinski definition) is 2. The molecule has 8 heteroatoms. The molecule has 0 aliphatic rings. The monoisotopic (exact) mass is 301 g/mol. The Balaban J connectivity index is 3.14. The number of hydrogen-bond acceptors (Lipinski definition) is 6. The van der Waals surface area contributed by atoms with Crippen molar-refractivity contribution in [3.8, 4) is 0 Å². The molecule has 0 spiro atoms. The Morgan fingerprint density at radius 3 is 2.50 bits per heavy atom. The van der Waals surface area contributed by atoms with Crippen LogP contribution in [0.5, 0.6) is 0 Å². The zero-order valence-corrected chi connectivity index (χ0v) is 12.7. The highest BCUT2D eigenvalue weighted by Gasteiger charge is 2.20. The van der Waals surface area contributed by atoms with E-state index in [1.54, 1.807) is 6.92 Å². The minimum absolute atomic E-state index is 0.0938. The number of nitrogens with two attached hydrogens (primary N) is 1. The smallest absolute Gasteiger partial charge is 0.327 e. The summed E-state index contributed by atoms with van der Waals surface area (Å²) in [6, 6.07) is 3.64. The minimum Gasteiger partial charge on any atom is -0.467 e. The van der Waals surface area contributed by atoms with Crippen LogP contribution in [0.15, 0.2) is 23.1 Å². The highest BCUT2D eigenvalue weighted by atomic mass is 32.2. The highest BCUT2D eigenvalue weighted by molar-refractivity contribution is 7.89. The Hall–Kier alpha value is -1.80. The van der Waals surface area contributed by atoms with Gasteiger partial charge in [0.1, 0.15) is 6.04 Å². The average molecular weight is 301 g/mol. The Labute approximate surface area is 118 Å². The minimum atomic E-state index is -3.56. The molecular formula is C12H19N3O4S. The average Bonchev–Trinajstić information content (AvgIpc) is 2.39. The third kappa shape index (κ3) is 3.40. The number of rotatable bonds is 5. The van der Waals surface area contributed by atoms with E-state index in [4.69, 9.17) is 5.73 Å². The lowest BCUT2D eigenvalue weighted by atomic mass is 10.2. The maximum Gasteiger partial charge on any atom is 0.327 e. The van der Waals surface area contributed by atoms with E-state index in [9.17, 15) is 13.2 Å². The van der Waals surface area contributed by atoms with E-state index < -0.39 is 22.0 Å². The van der Waals surface area contributed by atoms with Crippen LogP contribution >= 0.6 is 0 Å². The van der Waals surface area contributed by atoms with E-state index in [1.807, 2.05) is 0 Å². The van der Waals surface area contributed by atoms with E-state index in [0.717, 1.165) is 4.31 Å². The van der Waals surface area contributed by atoms with Crippen molar-refractivity contribution in [2.45, 2.75) is 17.9 Å². The van der Waals surface area contributed by atoms with Gasteiger partial charge in [-0.05, 0) is 25.1 Å². The molecular weight excluding hydrogens is 282 g/mol. The van der Waals surface area contributed by atoms with Crippen molar-refractivity contribution in [3.05, 3.63) is 18.2 Å². The van der Waals surface area contributed by atoms with Crippen molar-refractivity contribution >= 4 is 27.4 Å². The molecule has 3 N–H and O–H groups in total. The van der Waals surface area contributed by atoms with Gasteiger partial charge in [-0.2, -0.15) is 0 Å². The van der Waals surface area contributed by atoms with Gasteiger partial charge in [-0.15, -0.1) is 0 Å². The van der Waals surface area contributed by atoms with Crippen LogP contribution in [0, 0.1) is 0 Å². The van der Waals surface area contributed by atoms with Crippen molar-refractivity contribution < 1.29 is 17.9 Å². The number of nitrogens with one attached hydrogen (secondary N) is 1. The summed E-state index contributed by atoms with van der Waals surface area (Å²) in [6.07, 6.45) is 0. The molecule has 1 aromatic rings. The van der Waals surface area contributed by atoms with E-state index in [2.05, 4.69) is 10.1 Å². The molecule has 7 nitrogen and oxygen atoms in total. The van der Waals surface area contributed by atoms with Crippen molar-refractivity contribution in [1.29, 1.82) is 0 Å². The van der Waals surface area contributed by atoms with Crippen LogP contribution in [-0.4, -0.2) is 45.9 Å². The second-order valence-electron chi connectivity index (χ2n) is 4.43. The summed E-state index contributed by atoms with van der Waals surface area (Å²) in [6.45, 7) is 1.60. The van der Waals surface area contributed by atoms with Gasteiger partial charge >= 0.3 is 5.97 Å². The van der Waals surface area contributed by atoms with Crippen LogP contribution in [0.1, 0.15) is 6.92 Å². The fourth-order valence-electron chi connectivity index (χ4n) is 1.50. The second-order valence-corrected chi connectivity index (χ2v) is 6.58. The van der Waals surface area contributed by atoms with Crippen molar-refractivity contribution in [1.82, 2.24) is 4.31 Å². The molecule has 112 valence electrons. The van der Waals surface area contributed by atoms with Gasteiger partial charge in [0, 0.05) is 14.1 Å². The Morgan fingerprint density at radius 2 is 2.00 bits per heavy atom. The van der Waals surface area contributed by atoms with E-state index in [-0.39, 0.29) is 4.90 Å². The summed E-state index contributed by atoms with van der Waals surface area (Å²) in [5, 5.41) is 2.83. The third-order valence-corrected chi connectivity index (χ3v) is 4.54. The zero-order chi connectivity index (χ0) is 15.5. The van der Waals surface area contributed by atoms with E-state index >= 15 is 0 Å². The topological polar surface area (TPSA) is 102 Å². The number of carbonyl (C=O) groups excluding carboxylic acids is 1. The lowest BCUT2D eigenvalue weighted by molar-refractivity contribution is -0.141. The third-order valence-electron chi connectivity index (χ3n) is 2.73. The summed E-state index contributed by atoms with van der Waals surface area (Å²) < 4.78 is 29.8. The van der Waals surface area contributed by atoms with Crippen LogP contribution in [0.2, 0.25) is 0 Å². The van der Waals surface area contributed by atoms with Gasteiger partial charge in [-0.1, -0.05) is 0 Å². The van der Waals surface area contributed by atoms with Gasteiger partial charge in [0.15, 0.2) is 0 Å². The molecule has 20 heavy (non-hydrogen) atoms. The van der Waals surface area contributed by atoms with Gasteiger partial charge in [0.2, 0.25) is 10.0 Å². The molecule has 1 unspecified atom stereocenters. The van der Waals surface area contributed by atoms with Gasteiger partial charge < -0.3 is 15.8 Å². The normalized spacial score (nSPS) is 13.1. The Bertz CT molecular complexity index is 599. The molecule has 1 aromatic carbocycles. The first-order valence-electron chi connectivity index (χ1n) is 5.86. The van der Waals surface area contributed by atoms with Crippen LogP contribution in [0.25, 0.3) is 0 Å². The number of benzene rings is 1. The molecule has 0 saturated carbocycles. The Kier molecular flexibility index (Phi) is 4.96. The van der Waals surface area contributed by atoms with Crippen molar-refractivity contribution in [2.24, 2.45) is 0 Å². The SMILES string of the molecule is COC(=O)C(C)Nc1cc(S(=O)(=O)N(C)C)ccc1N. The number of methoxy groups -OCH3 is 1. The first-order chi connectivity index (χ1) is 9.20. The number of carbonyl (C=O) groups is 1. The van der Waals surface area contributed by atoms with Crippen LogP contribution in [0.4, 0.5) is 11.4 Å². The zero-order valence-electron chi connectivity index (χ0n) is 11.9. The maximum absolute atomic E-state index is 12.0. The molecule has 0 bridgehead atoms. The number of ether oxygens (including phenoxy) is 1. The molecule has 0 heterocycles. The molecule has 0 aliphatic heterocycles. The summed E-state index contributed by atoms with van der Waals surface area (Å²) in [7, 11) is 0.599. The van der Waals surface area contributed by atoms with E-state index in [0.29, 0.717) is 11.4 Å². The molecule has 1 atom stereocenters. The number of sulfonamides is 1. The first-order valence-corrected chi connectivity index (χ1v) is 7.30. The molecule has 0 radical (unpaired) electrons. The largest absolute Gasteiger partial charge is 0.467 e. The van der Waals surface area contributed by atoms with Crippen molar-refractivity contribution in [3.63, 3.8) is 0 Å². The van der Waals surface area contributed by atoms with Gasteiger partial charge in [-0.25, -0.2) is 17.5 Å². The molecule has 1 rings (SSSR count). The fraction of sp³-hybridized carbons (Fsp3) is 0.417. The number of anilines is 2. The maximum atomic E-state index is 12.0. The molecule has 0 aliphatic carbocycles. The lowest BCUT2D eigenvalue weighted by Crippen LogP contribution is -2.28. The molecule has 0 fully saturated rings. The van der Waals surface area contributed by atoms with Crippen molar-refractivity contribution in [2.75, 3.05) is 32.3 Å². The predicted molar refractivity (Wildman–Crippen MR) is 76.8 cm³/mol. The quantitative estimate of drug-likeness (QED) is 0.606. The van der Waals surface area contributed by atoms with Gasteiger partial charge in [0.25, 0.3) is 0 Å². The summed E-state index contributed by atoms with van der Waals surface area (Å²) in [5.41, 5.74) is 6.49. The number of nitrogen functional groups attached to an aromatic ring is 1. The summed E-state index contributed by atoms with van der Waals surface area (Å²) >= 11 is 0. The molecule has 0 aromatic heterocycles. The predicted octanol–water partition coefficient (Wildman–Crippen LogP) is 0.492. The Morgan fingerprint density at radius 1 is 1.40 bits per heavy atom. The molecule has 0 saturated heterocycles. The first kappa shape index (κ1) is 16.3. The second kappa shape index (κ2) is 6.10. The lowest BCUT2D eigenvalue weighted by Gasteiger charge is -2.17. The summed E-state index contributed by atoms with van der Waals surface area (Å²) in [4.78, 5) is 11.5. The summed E-state index contributed by atoms with van der Waals surface area (Å²) in [5.74, 6) is -0.467. The van der Waals surface area contributed by atoms with Crippen LogP contribution < -0.4 is 11.1 Å². The van der Waals surface area contributed by atoms with Crippen LogP contribution in [-0.2, 0) is 19.6 Å². The van der Waals surface area contributed by atoms with Gasteiger partial charge in [0.05, 0.1) is 23.4 Å². The van der Waals surface area contributed by atoms with E-state index in [1.165, 1.54) is 39.4 Å². The fourth-order valence-corrected chi connectivity index (χ4v) is 2.43. The van der Waals surface area contributed by atoms with Gasteiger partial charge in [-0.3, -0.25) is 0 Å². The molecule has 0 amide bonds. The standard InChI is InChI=1S/C12H19N3O4S/c1-8(12(16)19-4)14-11-7-9(5-6-10(11)13)20(17,18)15(2)3/h5-8,14H,13H2,1-4H3. The van der Waals surface area contributed by atoms with Crippen LogP contribution in [0.3, 0.4) is 0 Å². The number of esters is 1. The highest BCUT2D eigenvalue weighted by Crippen LogP contribution is 2.24. The number of nitrogens with zero attached hydrogens (tertiary/aromatic N) is 1.